The maximum absolute atomic E-state index is 12.6. The fourth-order valence-corrected chi connectivity index (χ4v) is 3.28. The monoisotopic (exact) mass is 326 g/mol. The van der Waals surface area contributed by atoms with E-state index in [0.717, 1.165) is 6.26 Å². The topological polar surface area (TPSA) is 75.7 Å². The van der Waals surface area contributed by atoms with Crippen LogP contribution in [0.1, 0.15) is 31.1 Å². The minimum absolute atomic E-state index is 0.0370. The molecule has 1 saturated heterocycles. The molecule has 1 fully saturated rings. The molecule has 122 valence electrons. The Hall–Kier alpha value is -1.60. The van der Waals surface area contributed by atoms with Crippen LogP contribution in [0.25, 0.3) is 0 Å². The van der Waals surface area contributed by atoms with E-state index >= 15 is 0 Å². The Bertz CT molecular complexity index is 670. The number of carbonyl (C=O) groups excluding carboxylic acids is 1. The molecule has 1 aromatic rings. The van der Waals surface area contributed by atoms with E-state index in [9.17, 15) is 13.2 Å². The number of carbonyl (C=O) groups is 1. The van der Waals surface area contributed by atoms with E-state index in [4.69, 9.17) is 4.74 Å². The number of hydrogen-bond acceptors (Lipinski definition) is 4. The largest absolute Gasteiger partial charge is 0.369 e. The first-order valence-corrected chi connectivity index (χ1v) is 9.00. The van der Waals surface area contributed by atoms with Gasteiger partial charge in [-0.25, -0.2) is 8.42 Å². The van der Waals surface area contributed by atoms with E-state index in [1.807, 2.05) is 20.8 Å². The van der Waals surface area contributed by atoms with Gasteiger partial charge in [-0.05, 0) is 39.0 Å². The summed E-state index contributed by atoms with van der Waals surface area (Å²) in [5.74, 6) is -0.125. The summed E-state index contributed by atoms with van der Waals surface area (Å²) < 4.78 is 30.8. The zero-order valence-corrected chi connectivity index (χ0v) is 14.1. The lowest BCUT2D eigenvalue weighted by Gasteiger charge is -2.41. The fourth-order valence-electron chi connectivity index (χ4n) is 2.72. The molecular formula is C15H22N2O4S. The van der Waals surface area contributed by atoms with Gasteiger partial charge in [0.1, 0.15) is 0 Å². The number of nitrogens with zero attached hydrogens (tertiary/aromatic N) is 1. The predicted molar refractivity (Wildman–Crippen MR) is 85.4 cm³/mol. The van der Waals surface area contributed by atoms with Crippen LogP contribution in [0.3, 0.4) is 0 Å². The molecule has 0 aliphatic carbocycles. The lowest BCUT2D eigenvalue weighted by Crippen LogP contribution is -2.53. The Morgan fingerprint density at radius 3 is 2.68 bits per heavy atom. The van der Waals surface area contributed by atoms with Crippen LogP contribution in [0.5, 0.6) is 0 Å². The molecule has 0 spiro atoms. The second-order valence-corrected chi connectivity index (χ2v) is 8.08. The van der Waals surface area contributed by atoms with E-state index in [1.54, 1.807) is 29.2 Å². The van der Waals surface area contributed by atoms with Crippen molar-refractivity contribution >= 4 is 21.6 Å². The lowest BCUT2D eigenvalue weighted by atomic mass is 10.0. The highest BCUT2D eigenvalue weighted by atomic mass is 32.2. The molecule has 0 unspecified atom stereocenters. The summed E-state index contributed by atoms with van der Waals surface area (Å²) in [6.07, 6.45) is 1.04. The number of morpholine rings is 1. The Labute approximate surface area is 131 Å². The number of ether oxygens (including phenoxy) is 1. The molecule has 1 aliphatic rings. The van der Waals surface area contributed by atoms with Crippen molar-refractivity contribution in [1.29, 1.82) is 0 Å². The highest BCUT2D eigenvalue weighted by molar-refractivity contribution is 7.92. The summed E-state index contributed by atoms with van der Waals surface area (Å²) in [4.78, 5) is 14.4. The molecule has 0 radical (unpaired) electrons. The SMILES string of the molecule is C[C@@H]1CN(C(=O)c2cccc(NS(C)(=O)=O)c2)CC(C)(C)O1. The first-order valence-electron chi connectivity index (χ1n) is 7.11. The molecule has 1 amide bonds. The van der Waals surface area contributed by atoms with Crippen molar-refractivity contribution in [2.24, 2.45) is 0 Å². The van der Waals surface area contributed by atoms with E-state index in [2.05, 4.69) is 4.72 Å². The van der Waals surface area contributed by atoms with Gasteiger partial charge in [-0.3, -0.25) is 9.52 Å². The molecule has 0 aromatic heterocycles. The molecule has 22 heavy (non-hydrogen) atoms. The minimum atomic E-state index is -3.37. The van der Waals surface area contributed by atoms with Crippen molar-refractivity contribution in [3.63, 3.8) is 0 Å². The van der Waals surface area contributed by atoms with Crippen LogP contribution >= 0.6 is 0 Å². The third-order valence-electron chi connectivity index (χ3n) is 3.27. The number of anilines is 1. The van der Waals surface area contributed by atoms with E-state index in [1.165, 1.54) is 0 Å². The molecule has 1 aliphatic heterocycles. The van der Waals surface area contributed by atoms with Gasteiger partial charge in [0.2, 0.25) is 10.0 Å². The van der Waals surface area contributed by atoms with Gasteiger partial charge >= 0.3 is 0 Å². The molecule has 0 saturated carbocycles. The van der Waals surface area contributed by atoms with Gasteiger partial charge in [0, 0.05) is 24.3 Å². The molecule has 7 heteroatoms. The van der Waals surface area contributed by atoms with Gasteiger partial charge < -0.3 is 9.64 Å². The Balaban J connectivity index is 2.21. The lowest BCUT2D eigenvalue weighted by molar-refractivity contribution is -0.118. The van der Waals surface area contributed by atoms with Crippen LogP contribution < -0.4 is 4.72 Å². The Kier molecular flexibility index (Phi) is 4.49. The first kappa shape index (κ1) is 16.8. The highest BCUT2D eigenvalue weighted by Gasteiger charge is 2.34. The molecule has 1 N–H and O–H groups in total. The van der Waals surface area contributed by atoms with E-state index < -0.39 is 15.6 Å². The number of hydrogen-bond donors (Lipinski definition) is 1. The summed E-state index contributed by atoms with van der Waals surface area (Å²) >= 11 is 0. The van der Waals surface area contributed by atoms with Crippen LogP contribution in [-0.4, -0.2) is 50.3 Å². The summed E-state index contributed by atoms with van der Waals surface area (Å²) in [5, 5.41) is 0. The number of rotatable bonds is 3. The van der Waals surface area contributed by atoms with Gasteiger partial charge in [-0.15, -0.1) is 0 Å². The van der Waals surface area contributed by atoms with Crippen molar-refractivity contribution in [3.8, 4) is 0 Å². The van der Waals surface area contributed by atoms with Crippen molar-refractivity contribution in [2.75, 3.05) is 24.1 Å². The smallest absolute Gasteiger partial charge is 0.254 e. The standard InChI is InChI=1S/C15H22N2O4S/c1-11-9-17(10-15(2,3)21-11)14(18)12-6-5-7-13(8-12)16-22(4,19)20/h5-8,11,16H,9-10H2,1-4H3/t11-/m1/s1. The number of benzene rings is 1. The predicted octanol–water partition coefficient (Wildman–Crippen LogP) is 1.70. The Morgan fingerprint density at radius 2 is 2.09 bits per heavy atom. The van der Waals surface area contributed by atoms with Crippen molar-refractivity contribution < 1.29 is 17.9 Å². The molecule has 6 nitrogen and oxygen atoms in total. The summed E-state index contributed by atoms with van der Waals surface area (Å²) in [6, 6.07) is 6.51. The van der Waals surface area contributed by atoms with Crippen LogP contribution in [0.4, 0.5) is 5.69 Å². The molecule has 0 bridgehead atoms. The number of amides is 1. The summed E-state index contributed by atoms with van der Waals surface area (Å²) in [5.41, 5.74) is 0.447. The third kappa shape index (κ3) is 4.45. The average molecular weight is 326 g/mol. The molecule has 1 heterocycles. The second-order valence-electron chi connectivity index (χ2n) is 6.33. The van der Waals surface area contributed by atoms with Gasteiger partial charge in [0.25, 0.3) is 5.91 Å². The zero-order valence-electron chi connectivity index (χ0n) is 13.3. The molecule has 2 rings (SSSR count). The van der Waals surface area contributed by atoms with Crippen LogP contribution in [0, 0.1) is 0 Å². The van der Waals surface area contributed by atoms with Crippen LogP contribution in [0.2, 0.25) is 0 Å². The Morgan fingerprint density at radius 1 is 1.41 bits per heavy atom. The molecular weight excluding hydrogens is 304 g/mol. The van der Waals surface area contributed by atoms with Crippen molar-refractivity contribution in [1.82, 2.24) is 4.90 Å². The summed E-state index contributed by atoms with van der Waals surface area (Å²) in [6.45, 7) is 6.85. The van der Waals surface area contributed by atoms with Crippen molar-refractivity contribution in [2.45, 2.75) is 32.5 Å². The quantitative estimate of drug-likeness (QED) is 0.917. The van der Waals surface area contributed by atoms with E-state index in [-0.39, 0.29) is 12.0 Å². The maximum atomic E-state index is 12.6. The molecule has 1 atom stereocenters. The second kappa shape index (κ2) is 5.89. The normalized spacial score (nSPS) is 21.5. The van der Waals surface area contributed by atoms with E-state index in [0.29, 0.717) is 24.3 Å². The fraction of sp³-hybridized carbons (Fsp3) is 0.533. The number of nitrogens with one attached hydrogen (secondary N) is 1. The zero-order chi connectivity index (χ0) is 16.5. The van der Waals surface area contributed by atoms with Crippen LogP contribution in [0.15, 0.2) is 24.3 Å². The van der Waals surface area contributed by atoms with Gasteiger partial charge in [-0.2, -0.15) is 0 Å². The highest BCUT2D eigenvalue weighted by Crippen LogP contribution is 2.23. The third-order valence-corrected chi connectivity index (χ3v) is 3.88. The van der Waals surface area contributed by atoms with Gasteiger partial charge in [-0.1, -0.05) is 6.07 Å². The summed E-state index contributed by atoms with van der Waals surface area (Å²) in [7, 11) is -3.37. The minimum Gasteiger partial charge on any atom is -0.369 e. The number of sulfonamides is 1. The molecule has 1 aromatic carbocycles. The van der Waals surface area contributed by atoms with Gasteiger partial charge in [0.05, 0.1) is 18.0 Å². The van der Waals surface area contributed by atoms with Crippen molar-refractivity contribution in [3.05, 3.63) is 29.8 Å². The van der Waals surface area contributed by atoms with Gasteiger partial charge in [0.15, 0.2) is 0 Å². The average Bonchev–Trinajstić information content (AvgIpc) is 2.33. The van der Waals surface area contributed by atoms with Crippen LogP contribution in [-0.2, 0) is 14.8 Å². The first-order chi connectivity index (χ1) is 10.1. The maximum Gasteiger partial charge on any atom is 0.254 e.